The summed E-state index contributed by atoms with van der Waals surface area (Å²) in [6, 6.07) is 10.3. The number of aliphatic imine (C=N–C) groups is 1. The van der Waals surface area contributed by atoms with Crippen LogP contribution in [-0.4, -0.2) is 66.3 Å². The zero-order chi connectivity index (χ0) is 20.7. The Morgan fingerprint density at radius 3 is 2.63 bits per heavy atom. The minimum Gasteiger partial charge on any atom is -0.379 e. The average molecular weight is 411 g/mol. The van der Waals surface area contributed by atoms with Crippen molar-refractivity contribution < 1.29 is 4.74 Å². The van der Waals surface area contributed by atoms with Gasteiger partial charge in [0.15, 0.2) is 5.96 Å². The van der Waals surface area contributed by atoms with E-state index in [9.17, 15) is 0 Å². The predicted molar refractivity (Wildman–Crippen MR) is 120 cm³/mol. The van der Waals surface area contributed by atoms with Crippen LogP contribution < -0.4 is 10.6 Å². The highest BCUT2D eigenvalue weighted by Gasteiger charge is 2.38. The number of imidazole rings is 1. The highest BCUT2D eigenvalue weighted by atomic mass is 16.5. The van der Waals surface area contributed by atoms with Gasteiger partial charge in [-0.1, -0.05) is 49.6 Å². The van der Waals surface area contributed by atoms with Crippen LogP contribution in [0.5, 0.6) is 0 Å². The molecule has 7 heteroatoms. The van der Waals surface area contributed by atoms with E-state index in [-0.39, 0.29) is 5.54 Å². The molecule has 1 aromatic carbocycles. The molecular formula is C23H34N6O. The first-order valence-corrected chi connectivity index (χ1v) is 11.2. The number of hydrogen-bond donors (Lipinski definition) is 3. The molecule has 0 unspecified atom stereocenters. The van der Waals surface area contributed by atoms with Crippen molar-refractivity contribution in [1.29, 1.82) is 0 Å². The van der Waals surface area contributed by atoms with Gasteiger partial charge in [-0.25, -0.2) is 4.98 Å². The van der Waals surface area contributed by atoms with Crippen molar-refractivity contribution in [3.8, 4) is 11.3 Å². The maximum Gasteiger partial charge on any atom is 0.191 e. The van der Waals surface area contributed by atoms with Gasteiger partial charge in [0.2, 0.25) is 0 Å². The Bertz CT molecular complexity index is 806. The number of aromatic amines is 1. The lowest BCUT2D eigenvalue weighted by atomic mass is 9.80. The first kappa shape index (κ1) is 20.9. The molecule has 3 N–H and O–H groups in total. The van der Waals surface area contributed by atoms with Crippen molar-refractivity contribution in [2.24, 2.45) is 4.99 Å². The Balaban J connectivity index is 1.33. The lowest BCUT2D eigenvalue weighted by Crippen LogP contribution is -2.60. The van der Waals surface area contributed by atoms with Gasteiger partial charge < -0.3 is 20.4 Å². The third kappa shape index (κ3) is 5.02. The molecule has 1 aliphatic carbocycles. The fourth-order valence-electron chi connectivity index (χ4n) is 4.71. The fourth-order valence-corrected chi connectivity index (χ4v) is 4.71. The van der Waals surface area contributed by atoms with Crippen LogP contribution in [0.2, 0.25) is 0 Å². The lowest BCUT2D eigenvalue weighted by Gasteiger charge is -2.48. The molecule has 1 aliphatic heterocycles. The molecule has 162 valence electrons. The highest BCUT2D eigenvalue weighted by Crippen LogP contribution is 2.33. The van der Waals surface area contributed by atoms with Gasteiger partial charge in [-0.15, -0.1) is 0 Å². The van der Waals surface area contributed by atoms with E-state index in [4.69, 9.17) is 4.74 Å². The van der Waals surface area contributed by atoms with E-state index in [2.05, 4.69) is 42.6 Å². The van der Waals surface area contributed by atoms with E-state index in [1.807, 2.05) is 31.4 Å². The summed E-state index contributed by atoms with van der Waals surface area (Å²) in [4.78, 5) is 15.0. The van der Waals surface area contributed by atoms with Gasteiger partial charge in [-0.3, -0.25) is 9.89 Å². The number of morpholine rings is 1. The minimum atomic E-state index is 0.213. The molecule has 7 nitrogen and oxygen atoms in total. The molecule has 0 spiro atoms. The average Bonchev–Trinajstić information content (AvgIpc) is 3.30. The number of nitrogens with zero attached hydrogens (tertiary/aromatic N) is 3. The summed E-state index contributed by atoms with van der Waals surface area (Å²) in [5.74, 6) is 1.73. The van der Waals surface area contributed by atoms with Crippen molar-refractivity contribution >= 4 is 5.96 Å². The summed E-state index contributed by atoms with van der Waals surface area (Å²) < 4.78 is 5.60. The molecule has 4 rings (SSSR count). The van der Waals surface area contributed by atoms with E-state index in [0.717, 1.165) is 55.9 Å². The number of ether oxygens (including phenoxy) is 1. The van der Waals surface area contributed by atoms with Crippen molar-refractivity contribution in [3.05, 3.63) is 42.4 Å². The second-order valence-electron chi connectivity index (χ2n) is 8.27. The highest BCUT2D eigenvalue weighted by molar-refractivity contribution is 5.79. The molecule has 0 radical (unpaired) electrons. The maximum atomic E-state index is 5.60. The number of nitrogens with one attached hydrogen (secondary N) is 3. The summed E-state index contributed by atoms with van der Waals surface area (Å²) >= 11 is 0. The molecule has 2 fully saturated rings. The maximum absolute atomic E-state index is 5.60. The van der Waals surface area contributed by atoms with Crippen LogP contribution in [0.4, 0.5) is 0 Å². The molecule has 30 heavy (non-hydrogen) atoms. The zero-order valence-electron chi connectivity index (χ0n) is 18.0. The van der Waals surface area contributed by atoms with E-state index in [1.54, 1.807) is 0 Å². The lowest BCUT2D eigenvalue weighted by molar-refractivity contribution is -0.0352. The van der Waals surface area contributed by atoms with Crippen molar-refractivity contribution in [1.82, 2.24) is 25.5 Å². The number of guanidine groups is 1. The topological polar surface area (TPSA) is 77.6 Å². The summed E-state index contributed by atoms with van der Waals surface area (Å²) in [7, 11) is 1.83. The number of aromatic nitrogens is 2. The summed E-state index contributed by atoms with van der Waals surface area (Å²) in [6.45, 7) is 5.27. The molecule has 0 atom stereocenters. The van der Waals surface area contributed by atoms with Gasteiger partial charge in [0, 0.05) is 32.2 Å². The van der Waals surface area contributed by atoms with Gasteiger partial charge in [0.1, 0.15) is 5.82 Å². The molecule has 2 aliphatic rings. The van der Waals surface area contributed by atoms with Crippen LogP contribution in [0, 0.1) is 0 Å². The van der Waals surface area contributed by atoms with Crippen molar-refractivity contribution in [3.63, 3.8) is 0 Å². The molecule has 1 aromatic heterocycles. The monoisotopic (exact) mass is 410 g/mol. The Hall–Kier alpha value is -2.38. The molecule has 0 bridgehead atoms. The number of rotatable bonds is 6. The molecular weight excluding hydrogens is 376 g/mol. The predicted octanol–water partition coefficient (Wildman–Crippen LogP) is 2.78. The van der Waals surface area contributed by atoms with Gasteiger partial charge in [-0.2, -0.15) is 0 Å². The Morgan fingerprint density at radius 1 is 1.13 bits per heavy atom. The van der Waals surface area contributed by atoms with Crippen LogP contribution >= 0.6 is 0 Å². The van der Waals surface area contributed by atoms with E-state index < -0.39 is 0 Å². The SMILES string of the molecule is CN=C(NCc1ncc(-c2ccccc2)[nH]1)NCC1(N2CCOCC2)CCCCC1. The molecule has 2 aromatic rings. The van der Waals surface area contributed by atoms with Gasteiger partial charge in [-0.05, 0) is 18.4 Å². The standard InChI is InChI=1S/C23H34N6O/c1-24-22(26-17-21-25-16-20(28-21)19-8-4-2-5-9-19)27-18-23(10-6-3-7-11-23)29-12-14-30-15-13-29/h2,4-5,8-9,16H,3,6-7,10-15,17-18H2,1H3,(H,25,28)(H2,24,26,27). The van der Waals surface area contributed by atoms with Gasteiger partial charge in [0.25, 0.3) is 0 Å². The molecule has 0 amide bonds. The number of H-pyrrole nitrogens is 1. The van der Waals surface area contributed by atoms with Crippen LogP contribution in [0.15, 0.2) is 41.5 Å². The molecule has 2 heterocycles. The summed E-state index contributed by atoms with van der Waals surface area (Å²) in [5.41, 5.74) is 2.39. The van der Waals surface area contributed by atoms with Crippen molar-refractivity contribution in [2.45, 2.75) is 44.2 Å². The van der Waals surface area contributed by atoms with Gasteiger partial charge >= 0.3 is 0 Å². The van der Waals surface area contributed by atoms with Crippen molar-refractivity contribution in [2.75, 3.05) is 39.9 Å². The quantitative estimate of drug-likeness (QED) is 0.504. The van der Waals surface area contributed by atoms with Crippen LogP contribution in [-0.2, 0) is 11.3 Å². The number of hydrogen-bond acceptors (Lipinski definition) is 4. The normalized spacial score (nSPS) is 20.1. The summed E-state index contributed by atoms with van der Waals surface area (Å²) in [5, 5.41) is 7.01. The molecule has 1 saturated heterocycles. The summed E-state index contributed by atoms with van der Waals surface area (Å²) in [6.07, 6.45) is 8.34. The van der Waals surface area contributed by atoms with E-state index in [0.29, 0.717) is 6.54 Å². The smallest absolute Gasteiger partial charge is 0.191 e. The first-order chi connectivity index (χ1) is 14.8. The third-order valence-corrected chi connectivity index (χ3v) is 6.41. The fraction of sp³-hybridized carbons (Fsp3) is 0.565. The largest absolute Gasteiger partial charge is 0.379 e. The molecule has 1 saturated carbocycles. The second-order valence-corrected chi connectivity index (χ2v) is 8.27. The first-order valence-electron chi connectivity index (χ1n) is 11.2. The van der Waals surface area contributed by atoms with Crippen LogP contribution in [0.3, 0.4) is 0 Å². The Labute approximate surface area is 179 Å². The Morgan fingerprint density at radius 2 is 1.90 bits per heavy atom. The van der Waals surface area contributed by atoms with Crippen LogP contribution in [0.25, 0.3) is 11.3 Å². The minimum absolute atomic E-state index is 0.213. The second kappa shape index (κ2) is 10.1. The number of benzene rings is 1. The Kier molecular flexibility index (Phi) is 7.02. The van der Waals surface area contributed by atoms with E-state index >= 15 is 0 Å². The third-order valence-electron chi connectivity index (χ3n) is 6.41. The zero-order valence-corrected chi connectivity index (χ0v) is 18.0. The van der Waals surface area contributed by atoms with Gasteiger partial charge in [0.05, 0.1) is 31.6 Å². The van der Waals surface area contributed by atoms with Crippen LogP contribution in [0.1, 0.15) is 37.9 Å². The van der Waals surface area contributed by atoms with E-state index in [1.165, 1.54) is 32.1 Å².